The lowest BCUT2D eigenvalue weighted by molar-refractivity contribution is 0.463. The molecule has 1 heterocycles. The maximum absolute atomic E-state index is 5.94. The number of rotatable bonds is 2. The summed E-state index contributed by atoms with van der Waals surface area (Å²) in [6.07, 6.45) is 0. The zero-order valence-electron chi connectivity index (χ0n) is 8.32. The zero-order chi connectivity index (χ0) is 12.4. The van der Waals surface area contributed by atoms with E-state index in [4.69, 9.17) is 45.3 Å². The highest BCUT2D eigenvalue weighted by Crippen LogP contribution is 2.35. The van der Waals surface area contributed by atoms with E-state index in [1.165, 1.54) is 6.07 Å². The largest absolute Gasteiger partial charge is 0.436 e. The van der Waals surface area contributed by atoms with Gasteiger partial charge in [-0.05, 0) is 12.1 Å². The van der Waals surface area contributed by atoms with Gasteiger partial charge >= 0.3 is 0 Å². The van der Waals surface area contributed by atoms with Crippen molar-refractivity contribution in [3.05, 3.63) is 39.5 Å². The van der Waals surface area contributed by atoms with Gasteiger partial charge in [-0.25, -0.2) is 4.98 Å². The smallest absolute Gasteiger partial charge is 0.225 e. The average Bonchev–Trinajstić information content (AvgIpc) is 2.22. The van der Waals surface area contributed by atoms with Crippen LogP contribution in [0.25, 0.3) is 0 Å². The highest BCUT2D eigenvalue weighted by molar-refractivity contribution is 6.37. The number of para-hydroxylation sites is 1. The van der Waals surface area contributed by atoms with Gasteiger partial charge in [-0.2, -0.15) is 4.98 Å². The number of ether oxygens (including phenoxy) is 1. The van der Waals surface area contributed by atoms with Crippen molar-refractivity contribution in [1.82, 2.24) is 9.97 Å². The van der Waals surface area contributed by atoms with Crippen molar-refractivity contribution in [3.63, 3.8) is 0 Å². The summed E-state index contributed by atoms with van der Waals surface area (Å²) < 4.78 is 5.42. The maximum atomic E-state index is 5.94. The maximum Gasteiger partial charge on any atom is 0.225 e. The van der Waals surface area contributed by atoms with Gasteiger partial charge in [0.1, 0.15) is 5.15 Å². The number of nitrogens with zero attached hydrogens (tertiary/aromatic N) is 2. The van der Waals surface area contributed by atoms with Crippen LogP contribution in [-0.4, -0.2) is 9.97 Å². The van der Waals surface area contributed by atoms with E-state index >= 15 is 0 Å². The Balaban J connectivity index is 2.38. The zero-order valence-corrected chi connectivity index (χ0v) is 10.6. The van der Waals surface area contributed by atoms with E-state index in [0.717, 1.165) is 0 Å². The molecule has 0 aliphatic carbocycles. The molecule has 0 atom stereocenters. The summed E-state index contributed by atoms with van der Waals surface area (Å²) in [6.45, 7) is 0. The average molecular weight is 291 g/mol. The van der Waals surface area contributed by atoms with Crippen LogP contribution in [0, 0.1) is 0 Å². The fraction of sp³-hybridized carbons (Fsp3) is 0. The van der Waals surface area contributed by atoms with Crippen LogP contribution in [0.1, 0.15) is 0 Å². The lowest BCUT2D eigenvalue weighted by Gasteiger charge is -2.08. The molecular weight excluding hydrogens is 284 g/mol. The summed E-state index contributed by atoms with van der Waals surface area (Å²) in [5, 5.41) is 0.910. The second kappa shape index (κ2) is 4.96. The topological polar surface area (TPSA) is 61.0 Å². The Kier molecular flexibility index (Phi) is 3.57. The lowest BCUT2D eigenvalue weighted by atomic mass is 10.3. The number of anilines is 1. The highest BCUT2D eigenvalue weighted by atomic mass is 35.5. The number of nitrogens with two attached hydrogens (primary N) is 1. The van der Waals surface area contributed by atoms with Crippen molar-refractivity contribution in [1.29, 1.82) is 0 Å². The van der Waals surface area contributed by atoms with Crippen molar-refractivity contribution < 1.29 is 4.74 Å². The molecule has 0 aliphatic heterocycles. The van der Waals surface area contributed by atoms with Crippen molar-refractivity contribution >= 4 is 40.8 Å². The van der Waals surface area contributed by atoms with Crippen molar-refractivity contribution in [2.24, 2.45) is 0 Å². The predicted molar refractivity (Wildman–Crippen MR) is 68.0 cm³/mol. The third kappa shape index (κ3) is 2.91. The minimum atomic E-state index is 0.00989. The molecule has 2 rings (SSSR count). The van der Waals surface area contributed by atoms with E-state index in [9.17, 15) is 0 Å². The van der Waals surface area contributed by atoms with Gasteiger partial charge in [-0.3, -0.25) is 0 Å². The third-order valence-electron chi connectivity index (χ3n) is 1.81. The summed E-state index contributed by atoms with van der Waals surface area (Å²) in [6, 6.07) is 6.42. The number of benzene rings is 1. The molecule has 0 fully saturated rings. The summed E-state index contributed by atoms with van der Waals surface area (Å²) >= 11 is 17.6. The van der Waals surface area contributed by atoms with Crippen molar-refractivity contribution in [3.8, 4) is 11.6 Å². The van der Waals surface area contributed by atoms with Gasteiger partial charge < -0.3 is 10.5 Å². The molecule has 1 aromatic carbocycles. The Morgan fingerprint density at radius 1 is 1.06 bits per heavy atom. The fourth-order valence-corrected chi connectivity index (χ4v) is 1.81. The Morgan fingerprint density at radius 3 is 2.29 bits per heavy atom. The van der Waals surface area contributed by atoms with Gasteiger partial charge in [0.05, 0.1) is 10.0 Å². The SMILES string of the molecule is Nc1nc(Cl)cc(Oc2c(Cl)cccc2Cl)n1. The first-order valence-electron chi connectivity index (χ1n) is 4.48. The summed E-state index contributed by atoms with van der Waals surface area (Å²) in [4.78, 5) is 7.56. The van der Waals surface area contributed by atoms with Crippen LogP contribution in [0.3, 0.4) is 0 Å². The molecule has 17 heavy (non-hydrogen) atoms. The van der Waals surface area contributed by atoms with E-state index < -0.39 is 0 Å². The van der Waals surface area contributed by atoms with Crippen LogP contribution >= 0.6 is 34.8 Å². The van der Waals surface area contributed by atoms with Gasteiger partial charge in [0.2, 0.25) is 11.8 Å². The fourth-order valence-electron chi connectivity index (χ4n) is 1.15. The first-order chi connectivity index (χ1) is 8.06. The number of hydrogen-bond acceptors (Lipinski definition) is 4. The van der Waals surface area contributed by atoms with Crippen LogP contribution in [0.2, 0.25) is 15.2 Å². The van der Waals surface area contributed by atoms with E-state index in [1.54, 1.807) is 18.2 Å². The Morgan fingerprint density at radius 2 is 1.71 bits per heavy atom. The van der Waals surface area contributed by atoms with Crippen LogP contribution < -0.4 is 10.5 Å². The second-order valence-corrected chi connectivity index (χ2v) is 4.24. The highest BCUT2D eigenvalue weighted by Gasteiger charge is 2.10. The quantitative estimate of drug-likeness (QED) is 0.854. The molecule has 7 heteroatoms. The molecule has 0 bridgehead atoms. The molecule has 0 spiro atoms. The molecule has 2 aromatic rings. The minimum absolute atomic E-state index is 0.00989. The van der Waals surface area contributed by atoms with Crippen LogP contribution in [0.15, 0.2) is 24.3 Å². The third-order valence-corrected chi connectivity index (χ3v) is 2.60. The molecule has 0 unspecified atom stereocenters. The summed E-state index contributed by atoms with van der Waals surface area (Å²) in [7, 11) is 0. The first-order valence-corrected chi connectivity index (χ1v) is 5.61. The van der Waals surface area contributed by atoms with Crippen LogP contribution in [0.5, 0.6) is 11.6 Å². The van der Waals surface area contributed by atoms with Crippen LogP contribution in [0.4, 0.5) is 5.95 Å². The number of aromatic nitrogens is 2. The molecule has 0 saturated heterocycles. The van der Waals surface area contributed by atoms with Crippen molar-refractivity contribution in [2.75, 3.05) is 5.73 Å². The Hall–Kier alpha value is -1.23. The van der Waals surface area contributed by atoms with E-state index in [-0.39, 0.29) is 17.0 Å². The monoisotopic (exact) mass is 289 g/mol. The Bertz CT molecular complexity index is 522. The van der Waals surface area contributed by atoms with Crippen molar-refractivity contribution in [2.45, 2.75) is 0 Å². The normalized spacial score (nSPS) is 10.3. The molecule has 0 radical (unpaired) electrons. The van der Waals surface area contributed by atoms with Gasteiger partial charge in [0.25, 0.3) is 0 Å². The van der Waals surface area contributed by atoms with Gasteiger partial charge in [0.15, 0.2) is 5.75 Å². The predicted octanol–water partition coefficient (Wildman–Crippen LogP) is 3.81. The molecule has 4 nitrogen and oxygen atoms in total. The summed E-state index contributed by atoms with van der Waals surface area (Å²) in [5.41, 5.74) is 5.44. The molecule has 1 aromatic heterocycles. The van der Waals surface area contributed by atoms with Crippen LogP contribution in [-0.2, 0) is 0 Å². The minimum Gasteiger partial charge on any atom is -0.436 e. The molecule has 0 amide bonds. The van der Waals surface area contributed by atoms with Gasteiger partial charge in [-0.15, -0.1) is 0 Å². The number of nitrogen functional groups attached to an aromatic ring is 1. The molecule has 88 valence electrons. The number of halogens is 3. The standard InChI is InChI=1S/C10H6Cl3N3O/c11-5-2-1-3-6(12)9(5)17-8-4-7(13)15-10(14)16-8/h1-4H,(H2,14,15,16). The molecule has 0 aliphatic rings. The molecule has 2 N–H and O–H groups in total. The first kappa shape index (κ1) is 12.2. The lowest BCUT2D eigenvalue weighted by Crippen LogP contribution is -1.97. The number of hydrogen-bond donors (Lipinski definition) is 1. The summed E-state index contributed by atoms with van der Waals surface area (Å²) in [5.74, 6) is 0.484. The molecular formula is C10H6Cl3N3O. The van der Waals surface area contributed by atoms with Gasteiger partial charge in [-0.1, -0.05) is 40.9 Å². The molecule has 0 saturated carbocycles. The van der Waals surface area contributed by atoms with Gasteiger partial charge in [0, 0.05) is 6.07 Å². The Labute approximate surface area is 112 Å². The van der Waals surface area contributed by atoms with E-state index in [1.807, 2.05) is 0 Å². The van der Waals surface area contributed by atoms with E-state index in [2.05, 4.69) is 9.97 Å². The van der Waals surface area contributed by atoms with E-state index in [0.29, 0.717) is 15.8 Å². The second-order valence-electron chi connectivity index (χ2n) is 3.04.